The molecule has 14 heavy (non-hydrogen) atoms. The molecule has 1 aromatic carbocycles. The highest BCUT2D eigenvalue weighted by molar-refractivity contribution is 5.31. The van der Waals surface area contributed by atoms with Gasteiger partial charge in [-0.05, 0) is 48.4 Å². The van der Waals surface area contributed by atoms with E-state index in [0.717, 1.165) is 30.4 Å². The molecule has 0 heterocycles. The molecule has 0 saturated carbocycles. The van der Waals surface area contributed by atoms with E-state index in [2.05, 4.69) is 6.92 Å². The van der Waals surface area contributed by atoms with Gasteiger partial charge in [0, 0.05) is 0 Å². The highest BCUT2D eigenvalue weighted by atomic mass is 19.1. The van der Waals surface area contributed by atoms with E-state index in [1.165, 1.54) is 12.1 Å². The molecule has 0 aliphatic heterocycles. The van der Waals surface area contributed by atoms with Crippen LogP contribution < -0.4 is 0 Å². The maximum absolute atomic E-state index is 13.0. The number of aliphatic hydroxyl groups is 1. The first-order chi connectivity index (χ1) is 6.66. The third-order valence-electron chi connectivity index (χ3n) is 3.00. The van der Waals surface area contributed by atoms with Crippen LogP contribution in [0.15, 0.2) is 18.2 Å². The van der Waals surface area contributed by atoms with E-state index in [4.69, 9.17) is 0 Å². The van der Waals surface area contributed by atoms with Gasteiger partial charge in [-0.3, -0.25) is 0 Å². The van der Waals surface area contributed by atoms with Crippen LogP contribution >= 0.6 is 0 Å². The maximum atomic E-state index is 13.0. The van der Waals surface area contributed by atoms with Crippen LogP contribution in [-0.4, -0.2) is 5.11 Å². The Bertz CT molecular complexity index is 335. The van der Waals surface area contributed by atoms with Gasteiger partial charge in [-0.25, -0.2) is 4.39 Å². The van der Waals surface area contributed by atoms with Gasteiger partial charge in [-0.2, -0.15) is 0 Å². The lowest BCUT2D eigenvalue weighted by Crippen LogP contribution is -2.02. The quantitative estimate of drug-likeness (QED) is 0.630. The normalized spacial score (nSPS) is 26.8. The standard InChI is InChI=1S/C12H15FO/c1-8-2-3-9-4-5-10(13)7-11(9)12(14)6-8/h4-5,7-8,12,14H,2-3,6H2,1H3. The summed E-state index contributed by atoms with van der Waals surface area (Å²) in [4.78, 5) is 0. The van der Waals surface area contributed by atoms with Gasteiger partial charge in [0.05, 0.1) is 6.10 Å². The van der Waals surface area contributed by atoms with E-state index >= 15 is 0 Å². The molecule has 0 spiro atoms. The Morgan fingerprint density at radius 2 is 2.21 bits per heavy atom. The zero-order valence-electron chi connectivity index (χ0n) is 8.33. The zero-order valence-corrected chi connectivity index (χ0v) is 8.33. The number of hydrogen-bond acceptors (Lipinski definition) is 1. The number of halogens is 1. The molecule has 2 heteroatoms. The molecular formula is C12H15FO. The molecule has 2 atom stereocenters. The van der Waals surface area contributed by atoms with Crippen molar-refractivity contribution in [1.29, 1.82) is 0 Å². The van der Waals surface area contributed by atoms with Crippen LogP contribution in [0.2, 0.25) is 0 Å². The number of hydrogen-bond donors (Lipinski definition) is 1. The minimum absolute atomic E-state index is 0.252. The highest BCUT2D eigenvalue weighted by Gasteiger charge is 2.20. The third-order valence-corrected chi connectivity index (χ3v) is 3.00. The predicted molar refractivity (Wildman–Crippen MR) is 53.5 cm³/mol. The Hall–Kier alpha value is -0.890. The van der Waals surface area contributed by atoms with Crippen molar-refractivity contribution in [2.24, 2.45) is 5.92 Å². The number of aliphatic hydroxyl groups excluding tert-OH is 1. The van der Waals surface area contributed by atoms with Gasteiger partial charge in [0.2, 0.25) is 0 Å². The third kappa shape index (κ3) is 1.80. The van der Waals surface area contributed by atoms with E-state index in [-0.39, 0.29) is 5.82 Å². The van der Waals surface area contributed by atoms with Gasteiger partial charge in [0.25, 0.3) is 0 Å². The van der Waals surface area contributed by atoms with Gasteiger partial charge >= 0.3 is 0 Å². The molecule has 2 rings (SSSR count). The topological polar surface area (TPSA) is 20.2 Å². The first-order valence-electron chi connectivity index (χ1n) is 5.13. The van der Waals surface area contributed by atoms with Gasteiger partial charge in [0.1, 0.15) is 5.82 Å². The van der Waals surface area contributed by atoms with Crippen LogP contribution in [0.5, 0.6) is 0 Å². The highest BCUT2D eigenvalue weighted by Crippen LogP contribution is 2.31. The van der Waals surface area contributed by atoms with Crippen LogP contribution in [0.25, 0.3) is 0 Å². The average Bonchev–Trinajstić information content (AvgIpc) is 2.27. The van der Waals surface area contributed by atoms with Crippen molar-refractivity contribution in [3.63, 3.8) is 0 Å². The van der Waals surface area contributed by atoms with Crippen LogP contribution in [0.3, 0.4) is 0 Å². The Morgan fingerprint density at radius 1 is 1.43 bits per heavy atom. The van der Waals surface area contributed by atoms with Crippen LogP contribution in [-0.2, 0) is 6.42 Å². The molecule has 0 amide bonds. The van der Waals surface area contributed by atoms with E-state index in [0.29, 0.717) is 5.92 Å². The molecule has 0 bridgehead atoms. The lowest BCUT2D eigenvalue weighted by Gasteiger charge is -2.12. The second-order valence-corrected chi connectivity index (χ2v) is 4.24. The van der Waals surface area contributed by atoms with E-state index in [1.807, 2.05) is 0 Å². The summed E-state index contributed by atoms with van der Waals surface area (Å²) in [5, 5.41) is 9.87. The van der Waals surface area contributed by atoms with Gasteiger partial charge in [0.15, 0.2) is 0 Å². The van der Waals surface area contributed by atoms with Crippen molar-refractivity contribution in [2.75, 3.05) is 0 Å². The summed E-state index contributed by atoms with van der Waals surface area (Å²) in [5.74, 6) is 0.262. The van der Waals surface area contributed by atoms with Crippen LogP contribution in [0, 0.1) is 11.7 Å². The Labute approximate surface area is 83.6 Å². The molecule has 1 N–H and O–H groups in total. The molecule has 0 radical (unpaired) electrons. The van der Waals surface area contributed by atoms with Crippen molar-refractivity contribution in [3.8, 4) is 0 Å². The Balaban J connectivity index is 2.39. The molecule has 1 aliphatic rings. The fraction of sp³-hybridized carbons (Fsp3) is 0.500. The summed E-state index contributed by atoms with van der Waals surface area (Å²) < 4.78 is 13.0. The van der Waals surface area contributed by atoms with Gasteiger partial charge in [-0.15, -0.1) is 0 Å². The number of rotatable bonds is 0. The van der Waals surface area contributed by atoms with Crippen molar-refractivity contribution in [1.82, 2.24) is 0 Å². The minimum atomic E-state index is -0.488. The van der Waals surface area contributed by atoms with Crippen molar-refractivity contribution >= 4 is 0 Å². The predicted octanol–water partition coefficient (Wildman–Crippen LogP) is 2.83. The van der Waals surface area contributed by atoms with Crippen molar-refractivity contribution in [3.05, 3.63) is 35.1 Å². The number of aryl methyl sites for hydroxylation is 1. The van der Waals surface area contributed by atoms with E-state index in [9.17, 15) is 9.50 Å². The summed E-state index contributed by atoms with van der Waals surface area (Å²) in [5.41, 5.74) is 1.89. The first-order valence-corrected chi connectivity index (χ1v) is 5.13. The monoisotopic (exact) mass is 194 g/mol. The molecular weight excluding hydrogens is 179 g/mol. The summed E-state index contributed by atoms with van der Waals surface area (Å²) in [6, 6.07) is 4.74. The fourth-order valence-corrected chi connectivity index (χ4v) is 2.13. The molecule has 0 fully saturated rings. The Morgan fingerprint density at radius 3 is 3.00 bits per heavy atom. The fourth-order valence-electron chi connectivity index (χ4n) is 2.13. The largest absolute Gasteiger partial charge is 0.388 e. The second kappa shape index (κ2) is 3.70. The van der Waals surface area contributed by atoms with E-state index < -0.39 is 6.10 Å². The summed E-state index contributed by atoms with van der Waals surface area (Å²) >= 11 is 0. The van der Waals surface area contributed by atoms with Crippen molar-refractivity contribution < 1.29 is 9.50 Å². The number of benzene rings is 1. The summed E-state index contributed by atoms with van der Waals surface area (Å²) in [6.07, 6.45) is 2.29. The van der Waals surface area contributed by atoms with Gasteiger partial charge in [-0.1, -0.05) is 13.0 Å². The van der Waals surface area contributed by atoms with Crippen molar-refractivity contribution in [2.45, 2.75) is 32.3 Å². The number of fused-ring (bicyclic) bond motifs is 1. The SMILES string of the molecule is CC1CCc2ccc(F)cc2C(O)C1. The maximum Gasteiger partial charge on any atom is 0.123 e. The average molecular weight is 194 g/mol. The molecule has 0 saturated heterocycles. The van der Waals surface area contributed by atoms with E-state index in [1.54, 1.807) is 6.07 Å². The van der Waals surface area contributed by atoms with Crippen LogP contribution in [0.4, 0.5) is 4.39 Å². The smallest absolute Gasteiger partial charge is 0.123 e. The molecule has 2 unspecified atom stereocenters. The molecule has 0 aromatic heterocycles. The lowest BCUT2D eigenvalue weighted by atomic mass is 10.00. The zero-order chi connectivity index (χ0) is 10.1. The first kappa shape index (κ1) is 9.66. The molecule has 1 aromatic rings. The summed E-state index contributed by atoms with van der Waals surface area (Å²) in [6.45, 7) is 2.13. The minimum Gasteiger partial charge on any atom is -0.388 e. The van der Waals surface area contributed by atoms with Crippen LogP contribution in [0.1, 0.15) is 37.0 Å². The van der Waals surface area contributed by atoms with Gasteiger partial charge < -0.3 is 5.11 Å². The molecule has 1 aliphatic carbocycles. The molecule has 76 valence electrons. The second-order valence-electron chi connectivity index (χ2n) is 4.24. The lowest BCUT2D eigenvalue weighted by molar-refractivity contribution is 0.149. The Kier molecular flexibility index (Phi) is 2.55. The molecule has 1 nitrogen and oxygen atoms in total. The summed E-state index contributed by atoms with van der Waals surface area (Å²) in [7, 11) is 0.